The largest absolute Gasteiger partial charge is 0.457 e. The Morgan fingerprint density at radius 2 is 1.55 bits per heavy atom. The van der Waals surface area contributed by atoms with Gasteiger partial charge in [0.1, 0.15) is 22.7 Å². The number of fused-ring (bicyclic) bond motifs is 3. The van der Waals surface area contributed by atoms with E-state index in [0.29, 0.717) is 56.7 Å². The predicted octanol–water partition coefficient (Wildman–Crippen LogP) is 13.3. The number of benzene rings is 4. The van der Waals surface area contributed by atoms with Crippen molar-refractivity contribution in [2.24, 2.45) is 11.3 Å². The summed E-state index contributed by atoms with van der Waals surface area (Å²) in [5.74, 6) is 1.16. The van der Waals surface area contributed by atoms with Crippen LogP contribution in [0, 0.1) is 38.8 Å². The van der Waals surface area contributed by atoms with Crippen molar-refractivity contribution in [3.63, 3.8) is 0 Å². The van der Waals surface area contributed by atoms with Crippen molar-refractivity contribution < 1.29 is 21.5 Å². The summed E-state index contributed by atoms with van der Waals surface area (Å²) in [4.78, 5) is 9.37. The van der Waals surface area contributed by atoms with Gasteiger partial charge in [0.05, 0.1) is 11.4 Å². The Kier molecular flexibility index (Phi) is 6.05. The topological polar surface area (TPSA) is 48.2 Å². The van der Waals surface area contributed by atoms with Crippen molar-refractivity contribution in [1.82, 2.24) is 9.97 Å². The minimum atomic E-state index is -2.77. The van der Waals surface area contributed by atoms with Gasteiger partial charge in [-0.1, -0.05) is 69.3 Å². The van der Waals surface area contributed by atoms with Crippen molar-refractivity contribution >= 4 is 21.9 Å². The first-order valence-corrected chi connectivity index (χ1v) is 17.5. The van der Waals surface area contributed by atoms with Gasteiger partial charge in [-0.05, 0) is 145 Å². The van der Waals surface area contributed by atoms with E-state index in [2.05, 4.69) is 38.7 Å². The van der Waals surface area contributed by atoms with Crippen LogP contribution in [0.1, 0.15) is 86.1 Å². The van der Waals surface area contributed by atoms with Crippen molar-refractivity contribution in [2.75, 3.05) is 0 Å². The van der Waals surface area contributed by atoms with Crippen LogP contribution in [0.3, 0.4) is 0 Å². The van der Waals surface area contributed by atoms with Gasteiger partial charge in [-0.15, -0.1) is 0 Å². The molecule has 0 amide bonds. The third-order valence-electron chi connectivity index (χ3n) is 10.6. The zero-order valence-electron chi connectivity index (χ0n) is 38.3. The van der Waals surface area contributed by atoms with Crippen LogP contribution < -0.4 is 4.74 Å². The summed E-state index contributed by atoms with van der Waals surface area (Å²) in [6.07, 6.45) is 6.30. The Labute approximate surface area is 314 Å². The highest BCUT2D eigenvalue weighted by molar-refractivity contribution is 6.10. The molecule has 7 aromatic rings. The fourth-order valence-electron chi connectivity index (χ4n) is 7.97. The number of nitrogens with zero attached hydrogens (tertiary/aromatic N) is 2. The third-order valence-corrected chi connectivity index (χ3v) is 10.6. The lowest BCUT2D eigenvalue weighted by Gasteiger charge is -2.40. The van der Waals surface area contributed by atoms with Crippen molar-refractivity contribution in [2.45, 2.75) is 73.4 Å². The maximum absolute atomic E-state index is 8.81. The summed E-state index contributed by atoms with van der Waals surface area (Å²) in [5, 5.41) is 1.61. The molecule has 4 nitrogen and oxygen atoms in total. The van der Waals surface area contributed by atoms with E-state index >= 15 is 0 Å². The van der Waals surface area contributed by atoms with Gasteiger partial charge >= 0.3 is 0 Å². The lowest BCUT2D eigenvalue weighted by atomic mass is 9.65. The van der Waals surface area contributed by atoms with Crippen LogP contribution in [0.25, 0.3) is 55.6 Å². The van der Waals surface area contributed by atoms with Gasteiger partial charge in [-0.3, -0.25) is 9.97 Å². The summed E-state index contributed by atoms with van der Waals surface area (Å²) in [5.41, 5.74) is 5.91. The lowest BCUT2D eigenvalue weighted by Crippen LogP contribution is -2.27. The second kappa shape index (κ2) is 12.8. The maximum atomic E-state index is 8.81. The molecule has 51 heavy (non-hydrogen) atoms. The van der Waals surface area contributed by atoms with Crippen molar-refractivity contribution in [1.29, 1.82) is 0 Å². The molecule has 1 fully saturated rings. The molecule has 4 aromatic carbocycles. The Morgan fingerprint density at radius 3 is 2.35 bits per heavy atom. The second-order valence-corrected chi connectivity index (χ2v) is 14.8. The number of hydrogen-bond donors (Lipinski definition) is 0. The maximum Gasteiger partial charge on any atom is 0.145 e. The minimum absolute atomic E-state index is 0.00205. The molecule has 1 aliphatic carbocycles. The molecule has 8 rings (SSSR count). The van der Waals surface area contributed by atoms with Crippen molar-refractivity contribution in [3.05, 3.63) is 131 Å². The molecule has 0 bridgehead atoms. The fraction of sp³-hybridized carbons (Fsp3) is 0.277. The van der Waals surface area contributed by atoms with Gasteiger partial charge < -0.3 is 9.15 Å². The van der Waals surface area contributed by atoms with E-state index < -0.39 is 20.6 Å². The van der Waals surface area contributed by atoms with Crippen LogP contribution in [0.2, 0.25) is 0 Å². The third kappa shape index (κ3) is 6.22. The monoisotopic (exact) mass is 679 g/mol. The molecule has 2 atom stereocenters. The Hall–Kier alpha value is -5.22. The molecule has 4 heteroatoms. The molecule has 0 saturated heterocycles. The molecule has 3 heterocycles. The molecule has 0 aliphatic heterocycles. The van der Waals surface area contributed by atoms with Gasteiger partial charge in [0, 0.05) is 46.6 Å². The standard InChI is InChI=1S/C47H46N2O2/c1-28-19-42(48-26-30(28)3)34-20-39(33-13-9-8-10-14-33)32(5)45(21-34)50-35-22-40-37-15-11-12-16-44(37)51-46(40)41(23-35)43-24-38(31(4)27-49-43)36-17-18-47(6,7)25-29(36)2/h8-16,19-24,26-27,29,36H,17-18,25H2,1-7H3/i1D3,3D3,5D3. The highest BCUT2D eigenvalue weighted by Gasteiger charge is 2.34. The SMILES string of the molecule is [2H]C([2H])([2H])c1cnc(-c2cc(Oc3cc(-c4cc(C5CCC(C)(C)CC5C)c(C)cn4)c4oc5ccccc5c4c3)c(C([2H])([2H])[2H])c(-c3ccccc3)c2)cc1C([2H])([2H])[2H]. The highest BCUT2D eigenvalue weighted by atomic mass is 16.5. The number of ether oxygens (including phenoxy) is 1. The lowest BCUT2D eigenvalue weighted by molar-refractivity contribution is 0.167. The minimum Gasteiger partial charge on any atom is -0.457 e. The van der Waals surface area contributed by atoms with Crippen LogP contribution in [-0.2, 0) is 0 Å². The zero-order valence-corrected chi connectivity index (χ0v) is 29.3. The molecule has 0 N–H and O–H groups in total. The molecule has 0 spiro atoms. The van der Waals surface area contributed by atoms with Crippen LogP contribution in [0.5, 0.6) is 11.5 Å². The number of aromatic nitrogens is 2. The van der Waals surface area contributed by atoms with Crippen LogP contribution >= 0.6 is 0 Å². The van der Waals surface area contributed by atoms with Gasteiger partial charge in [0.2, 0.25) is 0 Å². The number of pyridine rings is 2. The van der Waals surface area contributed by atoms with E-state index in [1.54, 1.807) is 30.3 Å². The smallest absolute Gasteiger partial charge is 0.145 e. The van der Waals surface area contributed by atoms with Gasteiger partial charge in [0.25, 0.3) is 0 Å². The molecule has 3 aromatic heterocycles. The van der Waals surface area contributed by atoms with Crippen LogP contribution in [0.4, 0.5) is 0 Å². The summed E-state index contributed by atoms with van der Waals surface area (Å²) in [7, 11) is 0. The van der Waals surface area contributed by atoms with Crippen LogP contribution in [-0.4, -0.2) is 9.97 Å². The molecule has 1 saturated carbocycles. The molecular weight excluding hydrogens is 625 g/mol. The first-order valence-electron chi connectivity index (χ1n) is 22.0. The highest BCUT2D eigenvalue weighted by Crippen LogP contribution is 2.48. The normalized spacial score (nSPS) is 20.6. The summed E-state index contributed by atoms with van der Waals surface area (Å²) in [6.45, 7) is 0.951. The Balaban J connectivity index is 1.35. The number of aryl methyl sites for hydroxylation is 3. The number of hydrogen-bond acceptors (Lipinski definition) is 4. The van der Waals surface area contributed by atoms with Crippen molar-refractivity contribution in [3.8, 4) is 45.1 Å². The molecular formula is C47H46N2O2. The van der Waals surface area contributed by atoms with E-state index in [9.17, 15) is 0 Å². The first kappa shape index (κ1) is 24.1. The fourth-order valence-corrected chi connectivity index (χ4v) is 7.97. The second-order valence-electron chi connectivity index (χ2n) is 14.8. The first-order chi connectivity index (χ1) is 28.2. The zero-order chi connectivity index (χ0) is 42.9. The number of para-hydroxylation sites is 1. The average molecular weight is 680 g/mol. The summed E-state index contributed by atoms with van der Waals surface area (Å²) < 4.78 is 88.3. The van der Waals surface area contributed by atoms with Gasteiger partial charge in [-0.25, -0.2) is 0 Å². The summed E-state index contributed by atoms with van der Waals surface area (Å²) >= 11 is 0. The Bertz CT molecular complexity index is 2750. The number of furan rings is 1. The molecule has 256 valence electrons. The van der Waals surface area contributed by atoms with E-state index in [-0.39, 0.29) is 33.5 Å². The molecule has 2 unspecified atom stereocenters. The van der Waals surface area contributed by atoms with E-state index in [1.165, 1.54) is 17.7 Å². The quantitative estimate of drug-likeness (QED) is 0.175. The average Bonchev–Trinajstić information content (AvgIpc) is 3.55. The van der Waals surface area contributed by atoms with E-state index in [0.717, 1.165) is 41.8 Å². The number of rotatable bonds is 6. The van der Waals surface area contributed by atoms with Gasteiger partial charge in [0.15, 0.2) is 0 Å². The van der Waals surface area contributed by atoms with E-state index in [1.807, 2.05) is 48.7 Å². The van der Waals surface area contributed by atoms with E-state index in [4.69, 9.17) is 26.5 Å². The van der Waals surface area contributed by atoms with Crippen LogP contribution in [0.15, 0.2) is 108 Å². The summed E-state index contributed by atoms with van der Waals surface area (Å²) in [6, 6.07) is 26.9. The molecule has 0 radical (unpaired) electrons. The molecule has 1 aliphatic rings. The Morgan fingerprint density at radius 1 is 0.765 bits per heavy atom. The van der Waals surface area contributed by atoms with Gasteiger partial charge in [-0.2, -0.15) is 0 Å². The predicted molar refractivity (Wildman–Crippen MR) is 211 cm³/mol.